The van der Waals surface area contributed by atoms with Crippen molar-refractivity contribution in [3.05, 3.63) is 81.4 Å². The predicted octanol–water partition coefficient (Wildman–Crippen LogP) is 3.22. The highest BCUT2D eigenvalue weighted by molar-refractivity contribution is 5.87. The fourth-order valence-corrected chi connectivity index (χ4v) is 1.89. The Hall–Kier alpha value is -3.46. The molecule has 0 atom stereocenters. The van der Waals surface area contributed by atoms with E-state index in [0.29, 0.717) is 16.7 Å². The summed E-state index contributed by atoms with van der Waals surface area (Å²) in [4.78, 5) is 22.0. The number of benzene rings is 2. The lowest BCUT2D eigenvalue weighted by Crippen LogP contribution is -2.01. The van der Waals surface area contributed by atoms with Crippen LogP contribution in [0.15, 0.2) is 54.6 Å². The molecule has 23 heavy (non-hydrogen) atoms. The van der Waals surface area contributed by atoms with E-state index < -0.39 is 10.9 Å². The smallest absolute Gasteiger partial charge is 0.331 e. The molecule has 2 rings (SSSR count). The number of rotatable bonds is 5. The number of nitriles is 1. The molecule has 114 valence electrons. The van der Waals surface area contributed by atoms with Gasteiger partial charge in [0.05, 0.1) is 22.1 Å². The van der Waals surface area contributed by atoms with Crippen LogP contribution >= 0.6 is 0 Å². The van der Waals surface area contributed by atoms with Crippen LogP contribution in [0.1, 0.15) is 16.7 Å². The molecule has 2 aromatic carbocycles. The Morgan fingerprint density at radius 1 is 1.26 bits per heavy atom. The van der Waals surface area contributed by atoms with Gasteiger partial charge in [0.25, 0.3) is 5.69 Å². The van der Waals surface area contributed by atoms with Crippen LogP contribution in [0.5, 0.6) is 0 Å². The molecular weight excluding hydrogens is 296 g/mol. The number of hydrogen-bond acceptors (Lipinski definition) is 5. The normalized spacial score (nSPS) is 10.2. The Balaban J connectivity index is 2.00. The largest absolute Gasteiger partial charge is 0.458 e. The van der Waals surface area contributed by atoms with Crippen molar-refractivity contribution in [3.63, 3.8) is 0 Å². The zero-order valence-electron chi connectivity index (χ0n) is 12.0. The van der Waals surface area contributed by atoms with Gasteiger partial charge >= 0.3 is 5.97 Å². The summed E-state index contributed by atoms with van der Waals surface area (Å²) in [6, 6.07) is 14.8. The van der Waals surface area contributed by atoms with Gasteiger partial charge in [0.15, 0.2) is 0 Å². The molecule has 0 saturated heterocycles. The quantitative estimate of drug-likeness (QED) is 0.366. The molecule has 0 amide bonds. The van der Waals surface area contributed by atoms with Crippen LogP contribution in [0.25, 0.3) is 6.08 Å². The number of nitrogens with zero attached hydrogens (tertiary/aromatic N) is 2. The van der Waals surface area contributed by atoms with E-state index in [1.54, 1.807) is 36.4 Å². The molecule has 0 bridgehead atoms. The third-order valence-corrected chi connectivity index (χ3v) is 2.97. The summed E-state index contributed by atoms with van der Waals surface area (Å²) in [7, 11) is 0. The fourth-order valence-electron chi connectivity index (χ4n) is 1.89. The third kappa shape index (κ3) is 4.51. The van der Waals surface area contributed by atoms with Crippen LogP contribution < -0.4 is 0 Å². The summed E-state index contributed by atoms with van der Waals surface area (Å²) in [5.74, 6) is -0.620. The van der Waals surface area contributed by atoms with Crippen molar-refractivity contribution in [3.8, 4) is 6.07 Å². The molecule has 0 saturated carbocycles. The van der Waals surface area contributed by atoms with E-state index in [9.17, 15) is 14.9 Å². The maximum atomic E-state index is 11.7. The van der Waals surface area contributed by atoms with Gasteiger partial charge in [-0.25, -0.2) is 4.79 Å². The van der Waals surface area contributed by atoms with Gasteiger partial charge in [0, 0.05) is 12.1 Å². The van der Waals surface area contributed by atoms with Crippen LogP contribution in [-0.4, -0.2) is 10.9 Å². The lowest BCUT2D eigenvalue weighted by atomic mass is 10.1. The monoisotopic (exact) mass is 308 g/mol. The average molecular weight is 308 g/mol. The van der Waals surface area contributed by atoms with Gasteiger partial charge < -0.3 is 4.74 Å². The Labute approximate surface area is 132 Å². The SMILES string of the molecule is N#Cc1cccc(COC(=O)/C=C/c2ccccc2[N+](=O)[O-])c1. The second kappa shape index (κ2) is 7.52. The summed E-state index contributed by atoms with van der Waals surface area (Å²) in [6.45, 7) is 0.0234. The maximum Gasteiger partial charge on any atom is 0.331 e. The lowest BCUT2D eigenvalue weighted by Gasteiger charge is -2.02. The minimum absolute atomic E-state index is 0.0234. The van der Waals surface area contributed by atoms with Gasteiger partial charge in [-0.05, 0) is 29.8 Å². The van der Waals surface area contributed by atoms with Crippen LogP contribution in [0.4, 0.5) is 5.69 Å². The van der Waals surface area contributed by atoms with E-state index >= 15 is 0 Å². The van der Waals surface area contributed by atoms with Gasteiger partial charge in [0.2, 0.25) is 0 Å². The van der Waals surface area contributed by atoms with Crippen LogP contribution in [0.2, 0.25) is 0 Å². The zero-order chi connectivity index (χ0) is 16.7. The molecule has 0 aliphatic rings. The van der Waals surface area contributed by atoms with Gasteiger partial charge in [-0.15, -0.1) is 0 Å². The number of carbonyl (C=O) groups is 1. The van der Waals surface area contributed by atoms with E-state index in [0.717, 1.165) is 6.08 Å². The van der Waals surface area contributed by atoms with Gasteiger partial charge in [0.1, 0.15) is 6.61 Å². The highest BCUT2D eigenvalue weighted by Crippen LogP contribution is 2.19. The number of esters is 1. The topological polar surface area (TPSA) is 93.2 Å². The molecule has 0 aliphatic carbocycles. The average Bonchev–Trinajstić information content (AvgIpc) is 2.58. The summed E-state index contributed by atoms with van der Waals surface area (Å²) >= 11 is 0. The first-order valence-electron chi connectivity index (χ1n) is 6.67. The van der Waals surface area contributed by atoms with Crippen molar-refractivity contribution in [2.75, 3.05) is 0 Å². The van der Waals surface area contributed by atoms with E-state index in [1.165, 1.54) is 18.2 Å². The van der Waals surface area contributed by atoms with Crippen molar-refractivity contribution in [1.29, 1.82) is 5.26 Å². The van der Waals surface area contributed by atoms with Crippen molar-refractivity contribution >= 4 is 17.7 Å². The third-order valence-electron chi connectivity index (χ3n) is 2.97. The van der Waals surface area contributed by atoms with E-state index in [1.807, 2.05) is 6.07 Å². The van der Waals surface area contributed by atoms with Gasteiger partial charge in [-0.3, -0.25) is 10.1 Å². The molecule has 0 aromatic heterocycles. The fraction of sp³-hybridized carbons (Fsp3) is 0.0588. The van der Waals surface area contributed by atoms with Crippen LogP contribution in [0, 0.1) is 21.4 Å². The van der Waals surface area contributed by atoms with Crippen molar-refractivity contribution in [1.82, 2.24) is 0 Å². The van der Waals surface area contributed by atoms with E-state index in [-0.39, 0.29) is 12.3 Å². The molecule has 0 aliphatic heterocycles. The zero-order valence-corrected chi connectivity index (χ0v) is 12.0. The Morgan fingerprint density at radius 2 is 2.04 bits per heavy atom. The minimum Gasteiger partial charge on any atom is -0.458 e. The summed E-state index contributed by atoms with van der Waals surface area (Å²) < 4.78 is 5.04. The molecule has 0 unspecified atom stereocenters. The van der Waals surface area contributed by atoms with Crippen molar-refractivity contribution in [2.24, 2.45) is 0 Å². The maximum absolute atomic E-state index is 11.7. The molecule has 0 N–H and O–H groups in total. The summed E-state index contributed by atoms with van der Waals surface area (Å²) in [5, 5.41) is 19.7. The van der Waals surface area contributed by atoms with Crippen molar-refractivity contribution in [2.45, 2.75) is 6.61 Å². The van der Waals surface area contributed by atoms with Crippen molar-refractivity contribution < 1.29 is 14.5 Å². The number of carbonyl (C=O) groups excluding carboxylic acids is 1. The van der Waals surface area contributed by atoms with Crippen LogP contribution in [0.3, 0.4) is 0 Å². The van der Waals surface area contributed by atoms with Gasteiger partial charge in [-0.2, -0.15) is 5.26 Å². The molecule has 0 radical (unpaired) electrons. The number of ether oxygens (including phenoxy) is 1. The molecule has 0 spiro atoms. The number of hydrogen-bond donors (Lipinski definition) is 0. The number of nitro benzene ring substituents is 1. The predicted molar refractivity (Wildman–Crippen MR) is 83.1 cm³/mol. The molecule has 0 heterocycles. The molecular formula is C17H12N2O4. The number of para-hydroxylation sites is 1. The van der Waals surface area contributed by atoms with Gasteiger partial charge in [-0.1, -0.05) is 24.3 Å². The first kappa shape index (κ1) is 15.9. The number of nitro groups is 1. The van der Waals surface area contributed by atoms with Crippen LogP contribution in [-0.2, 0) is 16.1 Å². The highest BCUT2D eigenvalue weighted by Gasteiger charge is 2.10. The molecule has 0 fully saturated rings. The minimum atomic E-state index is -0.620. The lowest BCUT2D eigenvalue weighted by molar-refractivity contribution is -0.385. The van der Waals surface area contributed by atoms with E-state index in [4.69, 9.17) is 10.00 Å². The molecule has 2 aromatic rings. The summed E-state index contributed by atoms with van der Waals surface area (Å²) in [6.07, 6.45) is 2.47. The second-order valence-electron chi connectivity index (χ2n) is 4.57. The first-order valence-corrected chi connectivity index (χ1v) is 6.67. The Bertz CT molecular complexity index is 806. The first-order chi connectivity index (χ1) is 11.1. The molecule has 6 heteroatoms. The summed E-state index contributed by atoms with van der Waals surface area (Å²) in [5.41, 5.74) is 1.41. The molecule has 6 nitrogen and oxygen atoms in total. The Kier molecular flexibility index (Phi) is 5.21. The standard InChI is InChI=1S/C17H12N2O4/c18-11-13-4-3-5-14(10-13)12-23-17(20)9-8-15-6-1-2-7-16(15)19(21)22/h1-10H,12H2/b9-8+. The highest BCUT2D eigenvalue weighted by atomic mass is 16.6. The van der Waals surface area contributed by atoms with E-state index in [2.05, 4.69) is 0 Å². The Morgan fingerprint density at radius 3 is 2.78 bits per heavy atom. The second-order valence-corrected chi connectivity index (χ2v) is 4.57.